The third-order valence-corrected chi connectivity index (χ3v) is 5.88. The number of carbonyl (C=O) groups excluding carboxylic acids is 2. The van der Waals surface area contributed by atoms with Crippen LogP contribution in [0.2, 0.25) is 5.02 Å². The Labute approximate surface area is 213 Å². The van der Waals surface area contributed by atoms with E-state index in [2.05, 4.69) is 10.1 Å². The quantitative estimate of drug-likeness (QED) is 0.338. The predicted molar refractivity (Wildman–Crippen MR) is 136 cm³/mol. The smallest absolute Gasteiger partial charge is 0.252 e. The van der Waals surface area contributed by atoms with E-state index in [0.717, 1.165) is 11.3 Å². The summed E-state index contributed by atoms with van der Waals surface area (Å²) in [5.41, 5.74) is 7.45. The molecule has 0 spiro atoms. The zero-order chi connectivity index (χ0) is 26.0. The van der Waals surface area contributed by atoms with Crippen LogP contribution in [0.3, 0.4) is 0 Å². The number of aromatic nitrogens is 2. The second kappa shape index (κ2) is 9.99. The van der Waals surface area contributed by atoms with Crippen LogP contribution < -0.4 is 15.2 Å². The number of hydrogen-bond acceptors (Lipinski definition) is 7. The van der Waals surface area contributed by atoms with E-state index in [1.807, 2.05) is 26.8 Å². The Hall–Kier alpha value is -3.91. The molecule has 186 valence electrons. The van der Waals surface area contributed by atoms with Crippen molar-refractivity contribution in [3.63, 3.8) is 0 Å². The van der Waals surface area contributed by atoms with Gasteiger partial charge in [-0.05, 0) is 29.8 Å². The molecule has 2 heterocycles. The molecule has 0 aliphatic carbocycles. The lowest BCUT2D eigenvalue weighted by Gasteiger charge is -2.13. The molecule has 0 unspecified atom stereocenters. The molecule has 4 rings (SSSR count). The van der Waals surface area contributed by atoms with Gasteiger partial charge in [0.2, 0.25) is 0 Å². The number of hydrogen-bond donors (Lipinski definition) is 1. The van der Waals surface area contributed by atoms with Crippen LogP contribution in [0.15, 0.2) is 53.2 Å². The van der Waals surface area contributed by atoms with E-state index in [4.69, 9.17) is 31.3 Å². The molecule has 0 fully saturated rings. The average molecular weight is 508 g/mol. The lowest BCUT2D eigenvalue weighted by molar-refractivity contribution is -0.117. The molecule has 0 aliphatic heterocycles. The molecule has 9 heteroatoms. The molecule has 0 radical (unpaired) electrons. The number of pyridine rings is 1. The van der Waals surface area contributed by atoms with Gasteiger partial charge in [0.1, 0.15) is 28.8 Å². The van der Waals surface area contributed by atoms with Crippen molar-refractivity contribution in [1.29, 1.82) is 0 Å². The number of ether oxygens (including phenoxy) is 2. The Bertz CT molecular complexity index is 1460. The van der Waals surface area contributed by atoms with Crippen LogP contribution in [0, 0.1) is 0 Å². The number of nitrogens with zero attached hydrogens (tertiary/aromatic N) is 2. The summed E-state index contributed by atoms with van der Waals surface area (Å²) in [5.74, 6) is 1.25. The van der Waals surface area contributed by atoms with Gasteiger partial charge in [-0.2, -0.15) is 0 Å². The van der Waals surface area contributed by atoms with Crippen molar-refractivity contribution in [2.24, 2.45) is 5.73 Å². The van der Waals surface area contributed by atoms with E-state index < -0.39 is 5.91 Å². The summed E-state index contributed by atoms with van der Waals surface area (Å²) in [6.45, 7) is 6.06. The molecular weight excluding hydrogens is 482 g/mol. The first-order valence-electron chi connectivity index (χ1n) is 11.3. The van der Waals surface area contributed by atoms with Crippen molar-refractivity contribution < 1.29 is 23.6 Å². The molecule has 2 N–H and O–H groups in total. The maximum atomic E-state index is 12.6. The number of nitrogens with two attached hydrogens (primary N) is 1. The van der Waals surface area contributed by atoms with Crippen LogP contribution in [0.1, 0.15) is 48.1 Å². The van der Waals surface area contributed by atoms with E-state index in [9.17, 15) is 9.59 Å². The van der Waals surface area contributed by atoms with Crippen molar-refractivity contribution >= 4 is 34.2 Å². The fourth-order valence-corrected chi connectivity index (χ4v) is 3.94. The average Bonchev–Trinajstić information content (AvgIpc) is 3.29. The van der Waals surface area contributed by atoms with E-state index in [-0.39, 0.29) is 29.6 Å². The van der Waals surface area contributed by atoms with Gasteiger partial charge in [-0.1, -0.05) is 43.6 Å². The molecule has 0 saturated heterocycles. The zero-order valence-corrected chi connectivity index (χ0v) is 21.2. The molecule has 2 aromatic carbocycles. The van der Waals surface area contributed by atoms with Crippen molar-refractivity contribution in [2.75, 3.05) is 7.11 Å². The highest BCUT2D eigenvalue weighted by molar-refractivity contribution is 6.32. The van der Waals surface area contributed by atoms with Gasteiger partial charge < -0.3 is 19.7 Å². The van der Waals surface area contributed by atoms with E-state index in [1.165, 1.54) is 7.11 Å². The topological polar surface area (TPSA) is 118 Å². The summed E-state index contributed by atoms with van der Waals surface area (Å²) >= 11 is 6.48. The number of rotatable bonds is 8. The molecule has 8 nitrogen and oxygen atoms in total. The molecule has 36 heavy (non-hydrogen) atoms. The third-order valence-electron chi connectivity index (χ3n) is 5.58. The highest BCUT2D eigenvalue weighted by Crippen LogP contribution is 2.36. The molecular formula is C27H26ClN3O5. The van der Waals surface area contributed by atoms with Gasteiger partial charge in [-0.3, -0.25) is 14.6 Å². The lowest BCUT2D eigenvalue weighted by Crippen LogP contribution is -2.12. The fraction of sp³-hybridized carbons (Fsp3) is 0.259. The second-order valence-corrected chi connectivity index (χ2v) is 9.84. The fourth-order valence-electron chi connectivity index (χ4n) is 3.70. The summed E-state index contributed by atoms with van der Waals surface area (Å²) in [4.78, 5) is 28.8. The lowest BCUT2D eigenvalue weighted by atomic mass is 9.93. The van der Waals surface area contributed by atoms with Crippen LogP contribution in [-0.2, 0) is 23.1 Å². The summed E-state index contributed by atoms with van der Waals surface area (Å²) in [6, 6.07) is 11.9. The number of carbonyl (C=O) groups is 2. The Morgan fingerprint density at radius 2 is 1.81 bits per heavy atom. The molecule has 0 atom stereocenters. The molecule has 4 aromatic rings. The molecule has 1 amide bonds. The summed E-state index contributed by atoms with van der Waals surface area (Å²) in [5, 5.41) is 4.92. The summed E-state index contributed by atoms with van der Waals surface area (Å²) in [6.07, 6.45) is 1.94. The second-order valence-electron chi connectivity index (χ2n) is 9.43. The van der Waals surface area contributed by atoms with Gasteiger partial charge >= 0.3 is 0 Å². The van der Waals surface area contributed by atoms with Crippen molar-refractivity contribution in [3.8, 4) is 17.2 Å². The minimum absolute atomic E-state index is 0.0125. The third kappa shape index (κ3) is 5.49. The Morgan fingerprint density at radius 1 is 1.03 bits per heavy atom. The van der Waals surface area contributed by atoms with Crippen LogP contribution in [0.25, 0.3) is 10.9 Å². The summed E-state index contributed by atoms with van der Waals surface area (Å²) < 4.78 is 16.7. The molecule has 0 bridgehead atoms. The maximum absolute atomic E-state index is 12.6. The number of fused-ring (bicyclic) bond motifs is 1. The van der Waals surface area contributed by atoms with Gasteiger partial charge in [-0.25, -0.2) is 0 Å². The van der Waals surface area contributed by atoms with Crippen molar-refractivity contribution in [2.45, 2.75) is 39.0 Å². The van der Waals surface area contributed by atoms with Crippen LogP contribution in [-0.4, -0.2) is 28.9 Å². The number of halogens is 1. The minimum atomic E-state index is -0.629. The van der Waals surface area contributed by atoms with Gasteiger partial charge in [0, 0.05) is 35.6 Å². The van der Waals surface area contributed by atoms with E-state index in [0.29, 0.717) is 38.9 Å². The highest BCUT2D eigenvalue weighted by Gasteiger charge is 2.21. The van der Waals surface area contributed by atoms with E-state index >= 15 is 0 Å². The first-order valence-corrected chi connectivity index (χ1v) is 11.6. The van der Waals surface area contributed by atoms with Gasteiger partial charge in [-0.15, -0.1) is 0 Å². The number of amides is 1. The first-order chi connectivity index (χ1) is 17.0. The monoisotopic (exact) mass is 507 g/mol. The SMILES string of the molecule is COc1cc2nccc(Oc3ccc(CC(=O)Cc4cc(C(C)(C)C)on4)cc3Cl)c2cc1C(N)=O. The van der Waals surface area contributed by atoms with Crippen LogP contribution in [0.5, 0.6) is 17.2 Å². The number of ketones is 1. The van der Waals surface area contributed by atoms with Gasteiger partial charge in [0.15, 0.2) is 0 Å². The molecule has 0 aliphatic rings. The van der Waals surface area contributed by atoms with Crippen LogP contribution >= 0.6 is 11.6 Å². The Balaban J connectivity index is 1.51. The standard InChI is InChI=1S/C27H26ClN3O5/c1-27(2,3)25-12-16(31-36-25)11-17(32)9-15-5-6-23(20(28)10-15)35-22-7-8-30-21-14-24(34-4)19(26(29)33)13-18(21)22/h5-8,10,12-14H,9,11H2,1-4H3,(H2,29,33). The Morgan fingerprint density at radius 3 is 2.44 bits per heavy atom. The van der Waals surface area contributed by atoms with Gasteiger partial charge in [0.25, 0.3) is 5.91 Å². The zero-order valence-electron chi connectivity index (χ0n) is 20.4. The predicted octanol–water partition coefficient (Wildman–Crippen LogP) is 5.43. The summed E-state index contributed by atoms with van der Waals surface area (Å²) in [7, 11) is 1.45. The van der Waals surface area contributed by atoms with Crippen molar-refractivity contribution in [3.05, 3.63) is 76.3 Å². The van der Waals surface area contributed by atoms with E-state index in [1.54, 1.807) is 42.6 Å². The normalized spacial score (nSPS) is 11.5. The van der Waals surface area contributed by atoms with Crippen molar-refractivity contribution in [1.82, 2.24) is 10.1 Å². The Kier molecular flexibility index (Phi) is 6.99. The maximum Gasteiger partial charge on any atom is 0.252 e. The molecule has 0 saturated carbocycles. The molecule has 2 aromatic heterocycles. The first kappa shape index (κ1) is 25.2. The number of benzene rings is 2. The van der Waals surface area contributed by atoms with Gasteiger partial charge in [0.05, 0.1) is 35.3 Å². The largest absolute Gasteiger partial charge is 0.496 e. The number of Topliss-reactive ketones (excluding diaryl/α,β-unsaturated/α-hetero) is 1. The highest BCUT2D eigenvalue weighted by atomic mass is 35.5. The van der Waals surface area contributed by atoms with Crippen LogP contribution in [0.4, 0.5) is 0 Å². The minimum Gasteiger partial charge on any atom is -0.496 e. The number of primary amides is 1. The number of methoxy groups -OCH3 is 1.